The maximum atomic E-state index is 11.6. The molecule has 0 radical (unpaired) electrons. The lowest BCUT2D eigenvalue weighted by atomic mass is 10.1. The van der Waals surface area contributed by atoms with E-state index < -0.39 is 6.10 Å². The lowest BCUT2D eigenvalue weighted by molar-refractivity contribution is -0.146. The summed E-state index contributed by atoms with van der Waals surface area (Å²) < 4.78 is 4.78. The van der Waals surface area contributed by atoms with Crippen LogP contribution in [0.3, 0.4) is 0 Å². The highest BCUT2D eigenvalue weighted by Gasteiger charge is 2.36. The van der Waals surface area contributed by atoms with Crippen LogP contribution >= 0.6 is 0 Å². The molecule has 1 fully saturated rings. The number of methoxy groups -OCH3 is 1. The zero-order chi connectivity index (χ0) is 13.1. The molecule has 0 bridgehead atoms. The van der Waals surface area contributed by atoms with Crippen molar-refractivity contribution in [2.24, 2.45) is 0 Å². The summed E-state index contributed by atoms with van der Waals surface area (Å²) in [5, 5.41) is 9.69. The molecular formula is C14H19NO3. The molecule has 1 heterocycles. The predicted molar refractivity (Wildman–Crippen MR) is 68.0 cm³/mol. The fraction of sp³-hybridized carbons (Fsp3) is 0.500. The molecule has 2 rings (SSSR count). The zero-order valence-electron chi connectivity index (χ0n) is 10.8. The van der Waals surface area contributed by atoms with Gasteiger partial charge in [0.2, 0.25) is 0 Å². The highest BCUT2D eigenvalue weighted by atomic mass is 16.5. The summed E-state index contributed by atoms with van der Waals surface area (Å²) >= 11 is 0. The molecule has 0 unspecified atom stereocenters. The van der Waals surface area contributed by atoms with Crippen molar-refractivity contribution in [3.05, 3.63) is 35.4 Å². The molecule has 0 aromatic heterocycles. The van der Waals surface area contributed by atoms with E-state index in [0.29, 0.717) is 19.5 Å². The smallest absolute Gasteiger partial charge is 0.323 e. The second-order valence-electron chi connectivity index (χ2n) is 4.84. The van der Waals surface area contributed by atoms with E-state index >= 15 is 0 Å². The molecule has 4 heteroatoms. The Bertz CT molecular complexity index is 416. The van der Waals surface area contributed by atoms with Gasteiger partial charge < -0.3 is 9.84 Å². The van der Waals surface area contributed by atoms with E-state index in [9.17, 15) is 9.90 Å². The first-order valence-electron chi connectivity index (χ1n) is 6.15. The van der Waals surface area contributed by atoms with Crippen LogP contribution < -0.4 is 0 Å². The van der Waals surface area contributed by atoms with E-state index in [4.69, 9.17) is 4.74 Å². The summed E-state index contributed by atoms with van der Waals surface area (Å²) in [6.07, 6.45) is 0.0120. The second kappa shape index (κ2) is 5.50. The number of carbonyl (C=O) groups is 1. The fourth-order valence-corrected chi connectivity index (χ4v) is 2.36. The number of aliphatic hydroxyl groups excluding tert-OH is 1. The maximum Gasteiger partial charge on any atom is 0.323 e. The van der Waals surface area contributed by atoms with Gasteiger partial charge in [0, 0.05) is 19.5 Å². The number of ether oxygens (including phenoxy) is 1. The third-order valence-electron chi connectivity index (χ3n) is 3.36. The molecule has 2 atom stereocenters. The molecule has 1 saturated heterocycles. The maximum absolute atomic E-state index is 11.6. The second-order valence-corrected chi connectivity index (χ2v) is 4.84. The first kappa shape index (κ1) is 13.1. The number of aliphatic hydroxyl groups is 1. The standard InChI is InChI=1S/C14H19NO3/c1-10-3-5-11(6-4-10)8-15-9-12(16)7-13(15)14(17)18-2/h3-6,12-13,16H,7-9H2,1-2H3/t12-,13+/m1/s1. The Balaban J connectivity index is 2.07. The first-order chi connectivity index (χ1) is 8.60. The van der Waals surface area contributed by atoms with Gasteiger partial charge >= 0.3 is 5.97 Å². The van der Waals surface area contributed by atoms with Gasteiger partial charge in [-0.25, -0.2) is 0 Å². The summed E-state index contributed by atoms with van der Waals surface area (Å²) in [5.74, 6) is -0.265. The van der Waals surface area contributed by atoms with E-state index in [-0.39, 0.29) is 12.0 Å². The monoisotopic (exact) mass is 249 g/mol. The average molecular weight is 249 g/mol. The van der Waals surface area contributed by atoms with E-state index in [1.165, 1.54) is 12.7 Å². The Morgan fingerprint density at radius 3 is 2.72 bits per heavy atom. The van der Waals surface area contributed by atoms with Gasteiger partial charge in [-0.2, -0.15) is 0 Å². The van der Waals surface area contributed by atoms with Crippen LogP contribution in [0.5, 0.6) is 0 Å². The molecule has 4 nitrogen and oxygen atoms in total. The Morgan fingerprint density at radius 2 is 2.11 bits per heavy atom. The molecule has 0 aliphatic carbocycles. The van der Waals surface area contributed by atoms with Crippen molar-refractivity contribution in [3.63, 3.8) is 0 Å². The molecular weight excluding hydrogens is 230 g/mol. The molecule has 1 aliphatic heterocycles. The van der Waals surface area contributed by atoms with Gasteiger partial charge in [-0.3, -0.25) is 9.69 Å². The number of likely N-dealkylation sites (tertiary alicyclic amines) is 1. The number of nitrogens with zero attached hydrogens (tertiary/aromatic N) is 1. The molecule has 0 amide bonds. The zero-order valence-corrected chi connectivity index (χ0v) is 10.8. The largest absolute Gasteiger partial charge is 0.468 e. The number of hydrogen-bond acceptors (Lipinski definition) is 4. The van der Waals surface area contributed by atoms with Crippen molar-refractivity contribution in [1.29, 1.82) is 0 Å². The number of benzene rings is 1. The minimum absolute atomic E-state index is 0.265. The summed E-state index contributed by atoms with van der Waals surface area (Å²) in [7, 11) is 1.39. The minimum Gasteiger partial charge on any atom is -0.468 e. The third kappa shape index (κ3) is 2.89. The highest BCUT2D eigenvalue weighted by Crippen LogP contribution is 2.21. The third-order valence-corrected chi connectivity index (χ3v) is 3.36. The minimum atomic E-state index is -0.445. The molecule has 18 heavy (non-hydrogen) atoms. The van der Waals surface area contributed by atoms with Crippen molar-refractivity contribution in [2.45, 2.75) is 32.0 Å². The summed E-state index contributed by atoms with van der Waals surface area (Å²) in [4.78, 5) is 13.6. The topological polar surface area (TPSA) is 49.8 Å². The van der Waals surface area contributed by atoms with Crippen LogP contribution in [-0.2, 0) is 16.1 Å². The van der Waals surface area contributed by atoms with Crippen LogP contribution in [0.2, 0.25) is 0 Å². The van der Waals surface area contributed by atoms with Crippen molar-refractivity contribution < 1.29 is 14.6 Å². The van der Waals surface area contributed by atoms with Crippen LogP contribution in [0.25, 0.3) is 0 Å². The van der Waals surface area contributed by atoms with Gasteiger partial charge in [-0.1, -0.05) is 29.8 Å². The lowest BCUT2D eigenvalue weighted by Crippen LogP contribution is -2.36. The van der Waals surface area contributed by atoms with Crippen LogP contribution in [0, 0.1) is 6.92 Å². The summed E-state index contributed by atoms with van der Waals surface area (Å²) in [5.41, 5.74) is 2.35. The molecule has 98 valence electrons. The van der Waals surface area contributed by atoms with E-state index in [1.54, 1.807) is 0 Å². The number of rotatable bonds is 3. The Morgan fingerprint density at radius 1 is 1.44 bits per heavy atom. The summed E-state index contributed by atoms with van der Waals surface area (Å²) in [6.45, 7) is 3.23. The fourth-order valence-electron chi connectivity index (χ4n) is 2.36. The molecule has 1 aliphatic rings. The van der Waals surface area contributed by atoms with Gasteiger partial charge in [-0.05, 0) is 12.5 Å². The predicted octanol–water partition coefficient (Wildman–Crippen LogP) is 1.10. The van der Waals surface area contributed by atoms with E-state index in [2.05, 4.69) is 12.1 Å². The van der Waals surface area contributed by atoms with Crippen molar-refractivity contribution in [1.82, 2.24) is 4.90 Å². The number of esters is 1. The van der Waals surface area contributed by atoms with Crippen molar-refractivity contribution in [2.75, 3.05) is 13.7 Å². The van der Waals surface area contributed by atoms with Gasteiger partial charge in [-0.15, -0.1) is 0 Å². The van der Waals surface area contributed by atoms with E-state index in [0.717, 1.165) is 5.56 Å². The van der Waals surface area contributed by atoms with Gasteiger partial charge in [0.25, 0.3) is 0 Å². The normalized spacial score (nSPS) is 24.2. The Hall–Kier alpha value is -1.39. The van der Waals surface area contributed by atoms with Crippen molar-refractivity contribution >= 4 is 5.97 Å². The van der Waals surface area contributed by atoms with Crippen LogP contribution in [-0.4, -0.2) is 41.8 Å². The number of aryl methyl sites for hydroxylation is 1. The van der Waals surface area contributed by atoms with Crippen LogP contribution in [0.4, 0.5) is 0 Å². The summed E-state index contributed by atoms with van der Waals surface area (Å²) in [6, 6.07) is 7.87. The van der Waals surface area contributed by atoms with Gasteiger partial charge in [0.05, 0.1) is 13.2 Å². The van der Waals surface area contributed by atoms with Crippen molar-refractivity contribution in [3.8, 4) is 0 Å². The molecule has 1 aromatic rings. The number of β-amino-alcohol motifs (C(OH)–C–C–N with tert-alkyl or cyclic N) is 1. The van der Waals surface area contributed by atoms with Gasteiger partial charge in [0.15, 0.2) is 0 Å². The van der Waals surface area contributed by atoms with Crippen LogP contribution in [0.15, 0.2) is 24.3 Å². The lowest BCUT2D eigenvalue weighted by Gasteiger charge is -2.22. The number of hydrogen-bond donors (Lipinski definition) is 1. The van der Waals surface area contributed by atoms with Crippen LogP contribution in [0.1, 0.15) is 17.5 Å². The highest BCUT2D eigenvalue weighted by molar-refractivity contribution is 5.76. The molecule has 0 spiro atoms. The van der Waals surface area contributed by atoms with Gasteiger partial charge in [0.1, 0.15) is 6.04 Å². The molecule has 0 saturated carbocycles. The number of carbonyl (C=O) groups excluding carboxylic acids is 1. The quantitative estimate of drug-likeness (QED) is 0.815. The van der Waals surface area contributed by atoms with E-state index in [1.807, 2.05) is 24.0 Å². The SMILES string of the molecule is COC(=O)[C@@H]1C[C@@H](O)CN1Cc1ccc(C)cc1. The Labute approximate surface area is 107 Å². The average Bonchev–Trinajstić information content (AvgIpc) is 2.72. The molecule has 1 N–H and O–H groups in total. The Kier molecular flexibility index (Phi) is 3.99. The first-order valence-corrected chi connectivity index (χ1v) is 6.15. The molecule has 1 aromatic carbocycles.